The SMILES string of the molecule is Cc1ccc(NC(=O)Cn2cccc(-c3nc(-c4ccc(F)cc4)no3)c2=O)cc1F. The fraction of sp³-hybridized carbons (Fsp3) is 0.0909. The van der Waals surface area contributed by atoms with Gasteiger partial charge >= 0.3 is 0 Å². The van der Waals surface area contributed by atoms with Crippen LogP contribution in [0.15, 0.2) is 70.1 Å². The normalized spacial score (nSPS) is 10.8. The first-order chi connectivity index (χ1) is 14.9. The maximum atomic E-state index is 13.7. The van der Waals surface area contributed by atoms with E-state index < -0.39 is 23.1 Å². The van der Waals surface area contributed by atoms with E-state index in [1.165, 1.54) is 47.2 Å². The van der Waals surface area contributed by atoms with Crippen LogP contribution in [0, 0.1) is 18.6 Å². The number of hydrogen-bond acceptors (Lipinski definition) is 5. The molecule has 2 aromatic carbocycles. The predicted octanol–water partition coefficient (Wildman–Crippen LogP) is 3.79. The summed E-state index contributed by atoms with van der Waals surface area (Å²) in [6.07, 6.45) is 1.44. The molecule has 0 spiro atoms. The number of halogens is 2. The van der Waals surface area contributed by atoms with E-state index in [0.717, 1.165) is 0 Å². The highest BCUT2D eigenvalue weighted by atomic mass is 19.1. The number of nitrogens with zero attached hydrogens (tertiary/aromatic N) is 3. The van der Waals surface area contributed by atoms with Crippen molar-refractivity contribution in [1.82, 2.24) is 14.7 Å². The first-order valence-corrected chi connectivity index (χ1v) is 9.26. The Bertz CT molecular complexity index is 1310. The molecule has 0 aliphatic rings. The Balaban J connectivity index is 1.54. The number of rotatable bonds is 5. The fourth-order valence-electron chi connectivity index (χ4n) is 2.90. The first-order valence-electron chi connectivity index (χ1n) is 9.26. The molecule has 156 valence electrons. The molecule has 4 aromatic rings. The molecule has 0 radical (unpaired) electrons. The van der Waals surface area contributed by atoms with Crippen LogP contribution >= 0.6 is 0 Å². The Morgan fingerprint density at radius 3 is 2.65 bits per heavy atom. The summed E-state index contributed by atoms with van der Waals surface area (Å²) in [4.78, 5) is 29.3. The van der Waals surface area contributed by atoms with E-state index in [1.54, 1.807) is 25.1 Å². The van der Waals surface area contributed by atoms with Crippen molar-refractivity contribution >= 4 is 11.6 Å². The van der Waals surface area contributed by atoms with Crippen molar-refractivity contribution < 1.29 is 18.1 Å². The van der Waals surface area contributed by atoms with Crippen molar-refractivity contribution in [2.24, 2.45) is 0 Å². The second-order valence-corrected chi connectivity index (χ2v) is 6.80. The molecular weight excluding hydrogens is 406 g/mol. The van der Waals surface area contributed by atoms with E-state index in [2.05, 4.69) is 15.5 Å². The molecule has 0 unspecified atom stereocenters. The predicted molar refractivity (Wildman–Crippen MR) is 109 cm³/mol. The van der Waals surface area contributed by atoms with Gasteiger partial charge in [0, 0.05) is 17.4 Å². The standard InChI is InChI=1S/C22H16F2N4O3/c1-13-4-9-16(11-18(13)24)25-19(29)12-28-10-2-3-17(22(28)30)21-26-20(27-31-21)14-5-7-15(23)8-6-14/h2-11H,12H2,1H3,(H,25,29). The first kappa shape index (κ1) is 20.1. The van der Waals surface area contributed by atoms with Crippen LogP contribution in [0.4, 0.5) is 14.5 Å². The summed E-state index contributed by atoms with van der Waals surface area (Å²) in [7, 11) is 0. The lowest BCUT2D eigenvalue weighted by Crippen LogP contribution is -2.28. The molecule has 0 saturated carbocycles. The molecule has 1 N–H and O–H groups in total. The smallest absolute Gasteiger partial charge is 0.263 e. The summed E-state index contributed by atoms with van der Waals surface area (Å²) < 4.78 is 33.1. The van der Waals surface area contributed by atoms with Gasteiger partial charge in [-0.3, -0.25) is 9.59 Å². The number of anilines is 1. The van der Waals surface area contributed by atoms with Crippen LogP contribution in [0.2, 0.25) is 0 Å². The van der Waals surface area contributed by atoms with Crippen LogP contribution in [-0.2, 0) is 11.3 Å². The Labute approximate surface area is 175 Å². The van der Waals surface area contributed by atoms with Crippen LogP contribution in [0.5, 0.6) is 0 Å². The van der Waals surface area contributed by atoms with Crippen molar-refractivity contribution in [3.63, 3.8) is 0 Å². The van der Waals surface area contributed by atoms with Crippen LogP contribution in [-0.4, -0.2) is 20.6 Å². The summed E-state index contributed by atoms with van der Waals surface area (Å²) in [5.74, 6) is -1.17. The number of benzene rings is 2. The molecule has 2 heterocycles. The van der Waals surface area contributed by atoms with E-state index >= 15 is 0 Å². The molecule has 31 heavy (non-hydrogen) atoms. The number of carbonyl (C=O) groups excluding carboxylic acids is 1. The highest BCUT2D eigenvalue weighted by Crippen LogP contribution is 2.20. The second kappa shape index (κ2) is 8.31. The Kier molecular flexibility index (Phi) is 5.40. The largest absolute Gasteiger partial charge is 0.333 e. The fourth-order valence-corrected chi connectivity index (χ4v) is 2.90. The van der Waals surface area contributed by atoms with Crippen molar-refractivity contribution in [1.29, 1.82) is 0 Å². The van der Waals surface area contributed by atoms with Gasteiger partial charge in [0.1, 0.15) is 23.7 Å². The van der Waals surface area contributed by atoms with Gasteiger partial charge < -0.3 is 14.4 Å². The number of carbonyl (C=O) groups is 1. The van der Waals surface area contributed by atoms with Crippen molar-refractivity contribution in [2.75, 3.05) is 5.32 Å². The lowest BCUT2D eigenvalue weighted by Gasteiger charge is -2.08. The summed E-state index contributed by atoms with van der Waals surface area (Å²) >= 11 is 0. The van der Waals surface area contributed by atoms with Gasteiger partial charge in [-0.05, 0) is 61.0 Å². The van der Waals surface area contributed by atoms with Gasteiger partial charge in [-0.1, -0.05) is 11.2 Å². The summed E-state index contributed by atoms with van der Waals surface area (Å²) in [6, 6.07) is 12.9. The van der Waals surface area contributed by atoms with Crippen LogP contribution in [0.3, 0.4) is 0 Å². The maximum absolute atomic E-state index is 13.7. The molecule has 2 aromatic heterocycles. The average Bonchev–Trinajstić information content (AvgIpc) is 3.23. The number of pyridine rings is 1. The van der Waals surface area contributed by atoms with Crippen LogP contribution in [0.1, 0.15) is 5.56 Å². The summed E-state index contributed by atoms with van der Waals surface area (Å²) in [6.45, 7) is 1.33. The molecular formula is C22H16F2N4O3. The van der Waals surface area contributed by atoms with Crippen molar-refractivity contribution in [2.45, 2.75) is 13.5 Å². The molecule has 0 saturated heterocycles. The zero-order valence-electron chi connectivity index (χ0n) is 16.3. The number of aromatic nitrogens is 3. The minimum Gasteiger partial charge on any atom is -0.333 e. The molecule has 0 atom stereocenters. The second-order valence-electron chi connectivity index (χ2n) is 6.80. The van der Waals surface area contributed by atoms with Gasteiger partial charge in [-0.2, -0.15) is 4.98 Å². The van der Waals surface area contributed by atoms with Crippen molar-refractivity contribution in [3.05, 3.63) is 88.3 Å². The number of nitrogens with one attached hydrogen (secondary N) is 1. The van der Waals surface area contributed by atoms with Crippen LogP contribution in [0.25, 0.3) is 22.8 Å². The number of hydrogen-bond donors (Lipinski definition) is 1. The topological polar surface area (TPSA) is 90.0 Å². The monoisotopic (exact) mass is 422 g/mol. The third-order valence-corrected chi connectivity index (χ3v) is 4.55. The van der Waals surface area contributed by atoms with E-state index in [0.29, 0.717) is 11.1 Å². The highest BCUT2D eigenvalue weighted by Gasteiger charge is 2.16. The van der Waals surface area contributed by atoms with E-state index in [4.69, 9.17) is 4.52 Å². The Hall–Kier alpha value is -4.14. The molecule has 0 fully saturated rings. The van der Waals surface area contributed by atoms with E-state index in [9.17, 15) is 18.4 Å². The van der Waals surface area contributed by atoms with Gasteiger partial charge in [0.05, 0.1) is 0 Å². The van der Waals surface area contributed by atoms with Crippen molar-refractivity contribution in [3.8, 4) is 22.8 Å². The zero-order valence-corrected chi connectivity index (χ0v) is 16.3. The van der Waals surface area contributed by atoms with Gasteiger partial charge in [0.15, 0.2) is 0 Å². The molecule has 1 amide bonds. The molecule has 7 nitrogen and oxygen atoms in total. The molecule has 9 heteroatoms. The molecule has 0 aliphatic carbocycles. The zero-order chi connectivity index (χ0) is 22.0. The minimum atomic E-state index is -0.512. The highest BCUT2D eigenvalue weighted by molar-refractivity contribution is 5.90. The van der Waals surface area contributed by atoms with Gasteiger partial charge in [-0.15, -0.1) is 0 Å². The minimum absolute atomic E-state index is 0.0281. The molecule has 0 aliphatic heterocycles. The number of aryl methyl sites for hydroxylation is 1. The Morgan fingerprint density at radius 2 is 1.90 bits per heavy atom. The Morgan fingerprint density at radius 1 is 1.13 bits per heavy atom. The number of amides is 1. The van der Waals surface area contributed by atoms with Gasteiger partial charge in [0.25, 0.3) is 11.4 Å². The summed E-state index contributed by atoms with van der Waals surface area (Å²) in [5, 5.41) is 6.38. The van der Waals surface area contributed by atoms with E-state index in [1.807, 2.05) is 0 Å². The third-order valence-electron chi connectivity index (χ3n) is 4.55. The lowest BCUT2D eigenvalue weighted by atomic mass is 10.2. The van der Waals surface area contributed by atoms with Crippen LogP contribution < -0.4 is 10.9 Å². The quantitative estimate of drug-likeness (QED) is 0.529. The van der Waals surface area contributed by atoms with E-state index in [-0.39, 0.29) is 29.5 Å². The van der Waals surface area contributed by atoms with Gasteiger partial charge in [0.2, 0.25) is 11.7 Å². The lowest BCUT2D eigenvalue weighted by molar-refractivity contribution is -0.116. The maximum Gasteiger partial charge on any atom is 0.263 e. The molecule has 4 rings (SSSR count). The van der Waals surface area contributed by atoms with Gasteiger partial charge in [-0.25, -0.2) is 8.78 Å². The molecule has 0 bridgehead atoms. The third kappa shape index (κ3) is 4.40. The average molecular weight is 422 g/mol. The summed E-state index contributed by atoms with van der Waals surface area (Å²) in [5.41, 5.74) is 0.872.